The monoisotopic (exact) mass is 512 g/mol. The third-order valence-electron chi connectivity index (χ3n) is 8.12. The Hall–Kier alpha value is -1.37. The van der Waals surface area contributed by atoms with Crippen LogP contribution in [0.2, 0.25) is 0 Å². The molecule has 4 nitrogen and oxygen atoms in total. The van der Waals surface area contributed by atoms with E-state index in [4.69, 9.17) is 0 Å². The molecule has 0 spiro atoms. The summed E-state index contributed by atoms with van der Waals surface area (Å²) in [5.41, 5.74) is 4.60. The summed E-state index contributed by atoms with van der Waals surface area (Å²) in [7, 11) is 0. The number of benzene rings is 2. The van der Waals surface area contributed by atoms with Gasteiger partial charge in [-0.25, -0.2) is 0 Å². The highest BCUT2D eigenvalue weighted by Crippen LogP contribution is 2.42. The molecule has 5 heteroatoms. The van der Waals surface area contributed by atoms with Crippen LogP contribution in [0.1, 0.15) is 88.8 Å². The molecule has 0 bridgehead atoms. The third-order valence-corrected chi connectivity index (χ3v) is 9.36. The second kappa shape index (κ2) is 14.0. The molecule has 0 amide bonds. The Morgan fingerprint density at radius 2 is 1.08 bits per heavy atom. The Labute approximate surface area is 224 Å². The molecule has 4 atom stereocenters. The number of aliphatic hydroxyl groups excluding tert-OH is 2. The predicted molar refractivity (Wildman–Crippen MR) is 153 cm³/mol. The van der Waals surface area contributed by atoms with Gasteiger partial charge in [0, 0.05) is 9.79 Å². The van der Waals surface area contributed by atoms with Crippen molar-refractivity contribution in [2.45, 2.75) is 82.8 Å². The third kappa shape index (κ3) is 7.35. The second-order valence-corrected chi connectivity index (χ2v) is 11.6. The van der Waals surface area contributed by atoms with Crippen molar-refractivity contribution in [3.63, 3.8) is 0 Å². The first-order valence-corrected chi connectivity index (χ1v) is 14.9. The lowest BCUT2D eigenvalue weighted by Gasteiger charge is -2.26. The second-order valence-electron chi connectivity index (χ2n) is 10.5. The van der Waals surface area contributed by atoms with E-state index in [-0.39, 0.29) is 11.8 Å². The number of rotatable bonds is 14. The molecule has 200 valence electrons. The maximum Gasteiger partial charge on any atom is 0.0816 e. The molecular weight excluding hydrogens is 464 g/mol. The van der Waals surface area contributed by atoms with E-state index in [0.29, 0.717) is 0 Å². The Balaban J connectivity index is 1.68. The van der Waals surface area contributed by atoms with Crippen LogP contribution in [-0.2, 0) is 6.42 Å². The van der Waals surface area contributed by atoms with E-state index in [0.717, 1.165) is 69.7 Å². The van der Waals surface area contributed by atoms with Crippen molar-refractivity contribution in [3.8, 4) is 0 Å². The maximum absolute atomic E-state index is 11.1. The molecule has 2 aromatic carbocycles. The lowest BCUT2D eigenvalue weighted by atomic mass is 9.90. The predicted octanol–water partition coefficient (Wildman–Crippen LogP) is 6.54. The van der Waals surface area contributed by atoms with Gasteiger partial charge in [0.2, 0.25) is 0 Å². The molecular formula is C31H48N2O2S. The van der Waals surface area contributed by atoms with Gasteiger partial charge in [-0.1, -0.05) is 77.6 Å². The molecule has 0 aliphatic carbocycles. The summed E-state index contributed by atoms with van der Waals surface area (Å²) in [5.74, 6) is 0.429. The molecule has 0 aromatic heterocycles. The van der Waals surface area contributed by atoms with Crippen LogP contribution in [0.4, 0.5) is 0 Å². The average Bonchev–Trinajstić information content (AvgIpc) is 2.91. The molecule has 1 aliphatic heterocycles. The zero-order chi connectivity index (χ0) is 26.2. The van der Waals surface area contributed by atoms with Crippen molar-refractivity contribution in [2.24, 2.45) is 11.8 Å². The molecule has 0 radical (unpaired) electrons. The standard InChI is InChI=1S/C31H48N2O2S/c1-7-32(8-2)17-15-22(5)30(34)24-11-13-28-26(19-24)21-27-20-25(12-14-29(27)36-28)31(35)23(6)16-18-33(9-3)10-4/h11-14,19-20,22-23,30-31,34-35H,7-10,15-18,21H2,1-6H3. The molecule has 36 heavy (non-hydrogen) atoms. The van der Waals surface area contributed by atoms with E-state index in [1.54, 1.807) is 11.8 Å². The fourth-order valence-electron chi connectivity index (χ4n) is 5.19. The van der Waals surface area contributed by atoms with Gasteiger partial charge >= 0.3 is 0 Å². The number of hydrogen-bond donors (Lipinski definition) is 2. The van der Waals surface area contributed by atoms with Crippen LogP contribution in [0.15, 0.2) is 46.2 Å². The maximum atomic E-state index is 11.1. The van der Waals surface area contributed by atoms with Gasteiger partial charge in [0.05, 0.1) is 12.2 Å². The zero-order valence-electron chi connectivity index (χ0n) is 23.3. The molecule has 2 N–H and O–H groups in total. The van der Waals surface area contributed by atoms with E-state index in [2.05, 4.69) is 87.7 Å². The molecule has 0 saturated carbocycles. The summed E-state index contributed by atoms with van der Waals surface area (Å²) in [6, 6.07) is 13.0. The highest BCUT2D eigenvalue weighted by molar-refractivity contribution is 7.99. The van der Waals surface area contributed by atoms with Crippen LogP contribution in [0.5, 0.6) is 0 Å². The number of hydrogen-bond acceptors (Lipinski definition) is 5. The van der Waals surface area contributed by atoms with Gasteiger partial charge in [-0.15, -0.1) is 0 Å². The summed E-state index contributed by atoms with van der Waals surface area (Å²) in [5, 5.41) is 22.2. The summed E-state index contributed by atoms with van der Waals surface area (Å²) in [4.78, 5) is 7.38. The Kier molecular flexibility index (Phi) is 11.3. The summed E-state index contributed by atoms with van der Waals surface area (Å²) >= 11 is 1.80. The van der Waals surface area contributed by atoms with Gasteiger partial charge in [0.1, 0.15) is 0 Å². The Bertz CT molecular complexity index is 882. The van der Waals surface area contributed by atoms with E-state index in [1.165, 1.54) is 20.9 Å². The van der Waals surface area contributed by atoms with E-state index >= 15 is 0 Å². The molecule has 0 fully saturated rings. The van der Waals surface area contributed by atoms with Crippen molar-refractivity contribution in [1.29, 1.82) is 0 Å². The molecule has 1 heterocycles. The molecule has 0 saturated heterocycles. The van der Waals surface area contributed by atoms with Crippen LogP contribution in [0.3, 0.4) is 0 Å². The average molecular weight is 513 g/mol. The number of nitrogens with zero attached hydrogens (tertiary/aromatic N) is 2. The minimum atomic E-state index is -0.447. The van der Waals surface area contributed by atoms with Crippen molar-refractivity contribution in [1.82, 2.24) is 9.80 Å². The smallest absolute Gasteiger partial charge is 0.0816 e. The fourth-order valence-corrected chi connectivity index (χ4v) is 6.22. The normalized spacial score (nSPS) is 16.5. The zero-order valence-corrected chi connectivity index (χ0v) is 24.2. The minimum absolute atomic E-state index is 0.215. The molecule has 2 aromatic rings. The SMILES string of the molecule is CCN(CC)CCC(C)C(O)c1ccc2c(c1)Cc1cc(C(O)C(C)CCN(CC)CC)ccc1S2. The first-order chi connectivity index (χ1) is 17.3. The van der Waals surface area contributed by atoms with Crippen LogP contribution in [0.25, 0.3) is 0 Å². The van der Waals surface area contributed by atoms with Crippen LogP contribution >= 0.6 is 11.8 Å². The van der Waals surface area contributed by atoms with Crippen molar-refractivity contribution in [3.05, 3.63) is 58.7 Å². The summed E-state index contributed by atoms with van der Waals surface area (Å²) in [6.07, 6.45) is 1.94. The summed E-state index contributed by atoms with van der Waals surface area (Å²) < 4.78 is 0. The van der Waals surface area contributed by atoms with E-state index in [1.807, 2.05) is 0 Å². The lowest BCUT2D eigenvalue weighted by molar-refractivity contribution is 0.104. The Morgan fingerprint density at radius 1 is 0.694 bits per heavy atom. The van der Waals surface area contributed by atoms with Gasteiger partial charge in [-0.05, 0) is 105 Å². The number of aliphatic hydroxyl groups is 2. The molecule has 4 unspecified atom stereocenters. The van der Waals surface area contributed by atoms with Crippen LogP contribution < -0.4 is 0 Å². The van der Waals surface area contributed by atoms with E-state index in [9.17, 15) is 10.2 Å². The summed E-state index contributed by atoms with van der Waals surface area (Å²) in [6.45, 7) is 19.4. The number of fused-ring (bicyclic) bond motifs is 2. The first-order valence-electron chi connectivity index (χ1n) is 14.0. The first kappa shape index (κ1) is 29.2. The van der Waals surface area contributed by atoms with Crippen molar-refractivity contribution < 1.29 is 10.2 Å². The highest BCUT2D eigenvalue weighted by Gasteiger charge is 2.23. The highest BCUT2D eigenvalue weighted by atomic mass is 32.2. The Morgan fingerprint density at radius 3 is 1.44 bits per heavy atom. The van der Waals surface area contributed by atoms with Gasteiger partial charge in [0.25, 0.3) is 0 Å². The van der Waals surface area contributed by atoms with Crippen molar-refractivity contribution >= 4 is 11.8 Å². The van der Waals surface area contributed by atoms with Gasteiger partial charge in [0.15, 0.2) is 0 Å². The van der Waals surface area contributed by atoms with Gasteiger partial charge in [-0.2, -0.15) is 0 Å². The van der Waals surface area contributed by atoms with Crippen LogP contribution in [-0.4, -0.2) is 59.3 Å². The van der Waals surface area contributed by atoms with Gasteiger partial charge in [-0.3, -0.25) is 0 Å². The topological polar surface area (TPSA) is 46.9 Å². The largest absolute Gasteiger partial charge is 0.388 e. The van der Waals surface area contributed by atoms with Gasteiger partial charge < -0.3 is 20.0 Å². The van der Waals surface area contributed by atoms with Crippen molar-refractivity contribution in [2.75, 3.05) is 39.3 Å². The molecule has 1 aliphatic rings. The lowest BCUT2D eigenvalue weighted by Crippen LogP contribution is -2.26. The molecule has 3 rings (SSSR count). The fraction of sp³-hybridized carbons (Fsp3) is 0.613. The van der Waals surface area contributed by atoms with Crippen LogP contribution in [0, 0.1) is 11.8 Å². The minimum Gasteiger partial charge on any atom is -0.388 e. The van der Waals surface area contributed by atoms with E-state index < -0.39 is 12.2 Å². The quantitative estimate of drug-likeness (QED) is 0.257.